The third kappa shape index (κ3) is 4.99. The van der Waals surface area contributed by atoms with Crippen LogP contribution in [0.1, 0.15) is 30.9 Å². The van der Waals surface area contributed by atoms with Crippen molar-refractivity contribution >= 4 is 0 Å². The molecule has 0 bridgehead atoms. The minimum atomic E-state index is 0.609. The molecule has 1 aromatic heterocycles. The molecule has 0 spiro atoms. The number of methoxy groups -OCH3 is 2. The number of rotatable bonds is 9. The fraction of sp³-hybridized carbons (Fsp3) is 0.500. The number of hydrogen-bond acceptors (Lipinski definition) is 5. The van der Waals surface area contributed by atoms with Gasteiger partial charge in [0.05, 0.1) is 19.8 Å². The van der Waals surface area contributed by atoms with Gasteiger partial charge in [0.1, 0.15) is 11.5 Å². The minimum absolute atomic E-state index is 0.609. The molecule has 1 aliphatic rings. The van der Waals surface area contributed by atoms with E-state index in [0.29, 0.717) is 6.04 Å². The zero-order valence-electron chi connectivity index (χ0n) is 16.7. The van der Waals surface area contributed by atoms with Crippen LogP contribution in [-0.2, 0) is 13.1 Å². The molecule has 5 nitrogen and oxygen atoms in total. The summed E-state index contributed by atoms with van der Waals surface area (Å²) in [5, 5.41) is 0. The van der Waals surface area contributed by atoms with Crippen LogP contribution < -0.4 is 9.47 Å². The van der Waals surface area contributed by atoms with Gasteiger partial charge in [-0.05, 0) is 55.8 Å². The molecule has 1 unspecified atom stereocenters. The van der Waals surface area contributed by atoms with E-state index in [0.717, 1.165) is 43.2 Å². The summed E-state index contributed by atoms with van der Waals surface area (Å²) in [4.78, 5) is 9.26. The third-order valence-corrected chi connectivity index (χ3v) is 5.44. The smallest absolute Gasteiger partial charge is 0.127 e. The van der Waals surface area contributed by atoms with Crippen molar-refractivity contribution in [2.45, 2.75) is 38.9 Å². The molecule has 146 valence electrons. The third-order valence-electron chi connectivity index (χ3n) is 5.44. The molecule has 0 amide bonds. The van der Waals surface area contributed by atoms with Crippen molar-refractivity contribution in [1.82, 2.24) is 14.8 Å². The van der Waals surface area contributed by atoms with Crippen LogP contribution in [0.2, 0.25) is 0 Å². The van der Waals surface area contributed by atoms with Crippen LogP contribution >= 0.6 is 0 Å². The number of hydrogen-bond donors (Lipinski definition) is 0. The summed E-state index contributed by atoms with van der Waals surface area (Å²) in [5.74, 6) is 1.76. The van der Waals surface area contributed by atoms with Crippen LogP contribution in [0.4, 0.5) is 0 Å². The standard InChI is InChI=1S/C22H31N3O2/c1-4-25-14-6-7-19(25)16-24(15-18-10-12-23-13-11-18)17-20-21(26-2)8-5-9-22(20)27-3/h5,8-13,19H,4,6-7,14-17H2,1-3H3. The van der Waals surface area contributed by atoms with Crippen LogP contribution in [-0.4, -0.2) is 54.7 Å². The second kappa shape index (κ2) is 9.72. The predicted molar refractivity (Wildman–Crippen MR) is 108 cm³/mol. The van der Waals surface area contributed by atoms with Gasteiger partial charge in [-0.15, -0.1) is 0 Å². The van der Waals surface area contributed by atoms with E-state index >= 15 is 0 Å². The van der Waals surface area contributed by atoms with Gasteiger partial charge >= 0.3 is 0 Å². The van der Waals surface area contributed by atoms with E-state index in [2.05, 4.69) is 33.8 Å². The Morgan fingerprint density at radius 3 is 2.41 bits per heavy atom. The van der Waals surface area contributed by atoms with Gasteiger partial charge in [0.15, 0.2) is 0 Å². The van der Waals surface area contributed by atoms with Crippen molar-refractivity contribution in [1.29, 1.82) is 0 Å². The molecule has 1 fully saturated rings. The fourth-order valence-electron chi connectivity index (χ4n) is 4.06. The number of nitrogens with zero attached hydrogens (tertiary/aromatic N) is 3. The van der Waals surface area contributed by atoms with E-state index in [1.807, 2.05) is 30.6 Å². The van der Waals surface area contributed by atoms with Gasteiger partial charge in [-0.1, -0.05) is 13.0 Å². The molecule has 0 radical (unpaired) electrons. The highest BCUT2D eigenvalue weighted by molar-refractivity contribution is 5.44. The van der Waals surface area contributed by atoms with Crippen LogP contribution in [0, 0.1) is 0 Å². The lowest BCUT2D eigenvalue weighted by Gasteiger charge is -2.31. The van der Waals surface area contributed by atoms with Crippen molar-refractivity contribution in [3.05, 3.63) is 53.9 Å². The van der Waals surface area contributed by atoms with Gasteiger partial charge < -0.3 is 9.47 Å². The number of aromatic nitrogens is 1. The fourth-order valence-corrected chi connectivity index (χ4v) is 4.06. The van der Waals surface area contributed by atoms with E-state index in [1.54, 1.807) is 14.2 Å². The van der Waals surface area contributed by atoms with Crippen molar-refractivity contribution in [2.75, 3.05) is 33.9 Å². The first-order valence-electron chi connectivity index (χ1n) is 9.80. The molecule has 0 aliphatic carbocycles. The maximum absolute atomic E-state index is 5.62. The Kier molecular flexibility index (Phi) is 7.07. The minimum Gasteiger partial charge on any atom is -0.496 e. The first kappa shape index (κ1) is 19.6. The molecule has 1 aliphatic heterocycles. The highest BCUT2D eigenvalue weighted by Gasteiger charge is 2.26. The van der Waals surface area contributed by atoms with Crippen LogP contribution in [0.15, 0.2) is 42.7 Å². The molecule has 27 heavy (non-hydrogen) atoms. The van der Waals surface area contributed by atoms with E-state index < -0.39 is 0 Å². The zero-order valence-corrected chi connectivity index (χ0v) is 16.7. The summed E-state index contributed by atoms with van der Waals surface area (Å²) in [6, 6.07) is 10.8. The lowest BCUT2D eigenvalue weighted by Crippen LogP contribution is -2.39. The van der Waals surface area contributed by atoms with Crippen LogP contribution in [0.3, 0.4) is 0 Å². The molecule has 1 saturated heterocycles. The second-order valence-electron chi connectivity index (χ2n) is 7.09. The quantitative estimate of drug-likeness (QED) is 0.675. The Hall–Kier alpha value is -2.11. The van der Waals surface area contributed by atoms with Gasteiger partial charge in [0, 0.05) is 38.1 Å². The Morgan fingerprint density at radius 2 is 1.78 bits per heavy atom. The second-order valence-corrected chi connectivity index (χ2v) is 7.09. The normalized spacial score (nSPS) is 17.4. The van der Waals surface area contributed by atoms with Crippen molar-refractivity contribution in [3.63, 3.8) is 0 Å². The van der Waals surface area contributed by atoms with E-state index in [1.165, 1.54) is 24.9 Å². The van der Waals surface area contributed by atoms with E-state index in [-0.39, 0.29) is 0 Å². The van der Waals surface area contributed by atoms with Gasteiger partial charge in [-0.25, -0.2) is 0 Å². The van der Waals surface area contributed by atoms with Gasteiger partial charge in [0.25, 0.3) is 0 Å². The van der Waals surface area contributed by atoms with Gasteiger partial charge in [0.2, 0.25) is 0 Å². The molecular weight excluding hydrogens is 338 g/mol. The summed E-state index contributed by atoms with van der Waals surface area (Å²) in [5.41, 5.74) is 2.39. The topological polar surface area (TPSA) is 37.8 Å². The lowest BCUT2D eigenvalue weighted by atomic mass is 10.1. The molecule has 0 saturated carbocycles. The van der Waals surface area contributed by atoms with Crippen molar-refractivity contribution in [2.24, 2.45) is 0 Å². The average molecular weight is 370 g/mol. The monoisotopic (exact) mass is 369 g/mol. The highest BCUT2D eigenvalue weighted by Crippen LogP contribution is 2.30. The van der Waals surface area contributed by atoms with E-state index in [4.69, 9.17) is 9.47 Å². The molecule has 2 aromatic rings. The Bertz CT molecular complexity index is 686. The lowest BCUT2D eigenvalue weighted by molar-refractivity contribution is 0.163. The Balaban J connectivity index is 1.83. The molecule has 1 aromatic carbocycles. The van der Waals surface area contributed by atoms with Crippen LogP contribution in [0.25, 0.3) is 0 Å². The summed E-state index contributed by atoms with van der Waals surface area (Å²) in [6.45, 7) is 7.31. The largest absolute Gasteiger partial charge is 0.496 e. The highest BCUT2D eigenvalue weighted by atomic mass is 16.5. The molecule has 2 heterocycles. The van der Waals surface area contributed by atoms with Gasteiger partial charge in [-0.3, -0.25) is 14.8 Å². The van der Waals surface area contributed by atoms with Crippen molar-refractivity contribution in [3.8, 4) is 11.5 Å². The summed E-state index contributed by atoms with van der Waals surface area (Å²) < 4.78 is 11.2. The molecular formula is C22H31N3O2. The van der Waals surface area contributed by atoms with Crippen LogP contribution in [0.5, 0.6) is 11.5 Å². The number of pyridine rings is 1. The molecule has 5 heteroatoms. The molecule has 1 atom stereocenters. The number of ether oxygens (including phenoxy) is 2. The first-order chi connectivity index (χ1) is 13.2. The SMILES string of the molecule is CCN1CCCC1CN(Cc1ccncc1)Cc1c(OC)cccc1OC. The Labute approximate surface area is 162 Å². The van der Waals surface area contributed by atoms with E-state index in [9.17, 15) is 0 Å². The first-order valence-corrected chi connectivity index (χ1v) is 9.80. The summed E-state index contributed by atoms with van der Waals surface area (Å²) >= 11 is 0. The maximum Gasteiger partial charge on any atom is 0.127 e. The Morgan fingerprint density at radius 1 is 1.07 bits per heavy atom. The number of likely N-dealkylation sites (tertiary alicyclic amines) is 1. The predicted octanol–water partition coefficient (Wildman–Crippen LogP) is 3.59. The average Bonchev–Trinajstić information content (AvgIpc) is 3.16. The van der Waals surface area contributed by atoms with Gasteiger partial charge in [-0.2, -0.15) is 0 Å². The summed E-state index contributed by atoms with van der Waals surface area (Å²) in [6.07, 6.45) is 6.29. The van der Waals surface area contributed by atoms with Crippen molar-refractivity contribution < 1.29 is 9.47 Å². The maximum atomic E-state index is 5.62. The summed E-state index contributed by atoms with van der Waals surface area (Å²) in [7, 11) is 3.45. The molecule has 3 rings (SSSR count). The number of benzene rings is 1. The zero-order chi connectivity index (χ0) is 19.1. The molecule has 0 N–H and O–H groups in total. The number of likely N-dealkylation sites (N-methyl/N-ethyl adjacent to an activating group) is 1.